The van der Waals surface area contributed by atoms with E-state index in [1.807, 2.05) is 19.2 Å². The molecule has 2 fully saturated rings. The van der Waals surface area contributed by atoms with Gasteiger partial charge >= 0.3 is 0 Å². The molecule has 1 atom stereocenters. The third-order valence-electron chi connectivity index (χ3n) is 5.67. The van der Waals surface area contributed by atoms with E-state index in [1.54, 1.807) is 13.3 Å². The van der Waals surface area contributed by atoms with Crippen LogP contribution in [0.2, 0.25) is 5.02 Å². The van der Waals surface area contributed by atoms with Gasteiger partial charge in [0.05, 0.1) is 5.02 Å². The number of methoxy groups -OCH3 is 1. The highest BCUT2D eigenvalue weighted by Gasteiger charge is 2.36. The van der Waals surface area contributed by atoms with Gasteiger partial charge in [0.25, 0.3) is 0 Å². The number of aliphatic imine (C=N–C) groups is 1. The van der Waals surface area contributed by atoms with Gasteiger partial charge in [-0.3, -0.25) is 4.99 Å². The van der Waals surface area contributed by atoms with E-state index < -0.39 is 0 Å². The van der Waals surface area contributed by atoms with Crippen LogP contribution >= 0.6 is 35.6 Å². The molecule has 2 aliphatic rings. The van der Waals surface area contributed by atoms with Crippen LogP contribution in [0.15, 0.2) is 23.3 Å². The number of pyridine rings is 1. The average molecular weight is 508 g/mol. The quantitative estimate of drug-likeness (QED) is 0.337. The van der Waals surface area contributed by atoms with Gasteiger partial charge in [0, 0.05) is 52.6 Å². The first-order valence-electron chi connectivity index (χ1n) is 9.47. The minimum absolute atomic E-state index is 0. The molecular weight excluding hydrogens is 477 g/mol. The van der Waals surface area contributed by atoms with Gasteiger partial charge in [-0.15, -0.1) is 24.0 Å². The van der Waals surface area contributed by atoms with E-state index in [4.69, 9.17) is 16.3 Å². The Morgan fingerprint density at radius 1 is 1.48 bits per heavy atom. The first-order chi connectivity index (χ1) is 12.7. The van der Waals surface area contributed by atoms with Crippen molar-refractivity contribution >= 4 is 47.4 Å². The predicted octanol–water partition coefficient (Wildman–Crippen LogP) is 3.30. The van der Waals surface area contributed by atoms with Gasteiger partial charge < -0.3 is 20.3 Å². The predicted molar refractivity (Wildman–Crippen MR) is 123 cm³/mol. The minimum atomic E-state index is 0. The molecule has 1 aromatic heterocycles. The standard InChI is InChI=1S/C19H30ClN5O.HI/c1-21-18(23-14-19(7-4-8-19)9-12-26-2)24-15-6-11-25(13-15)17-16(20)5-3-10-22-17;/h3,5,10,15H,4,6-9,11-14H2,1-2H3,(H2,21,23,24);1H. The van der Waals surface area contributed by atoms with Crippen LogP contribution in [0.25, 0.3) is 0 Å². The maximum Gasteiger partial charge on any atom is 0.191 e. The van der Waals surface area contributed by atoms with Gasteiger partial charge in [0.2, 0.25) is 0 Å². The molecule has 1 saturated carbocycles. The van der Waals surface area contributed by atoms with E-state index in [0.717, 1.165) is 50.9 Å². The van der Waals surface area contributed by atoms with E-state index in [2.05, 4.69) is 25.5 Å². The molecule has 2 heterocycles. The Labute approximate surface area is 184 Å². The number of halogens is 2. The van der Waals surface area contributed by atoms with Crippen molar-refractivity contribution in [1.29, 1.82) is 0 Å². The number of hydrogen-bond acceptors (Lipinski definition) is 4. The van der Waals surface area contributed by atoms with Crippen molar-refractivity contribution in [2.24, 2.45) is 10.4 Å². The van der Waals surface area contributed by atoms with Gasteiger partial charge in [-0.1, -0.05) is 18.0 Å². The second kappa shape index (κ2) is 10.7. The summed E-state index contributed by atoms with van der Waals surface area (Å²) in [6, 6.07) is 4.10. The third-order valence-corrected chi connectivity index (χ3v) is 5.97. The van der Waals surface area contributed by atoms with Gasteiger partial charge in [0.1, 0.15) is 5.82 Å². The summed E-state index contributed by atoms with van der Waals surface area (Å²) in [5.41, 5.74) is 0.372. The second-order valence-electron chi connectivity index (χ2n) is 7.41. The van der Waals surface area contributed by atoms with E-state index in [9.17, 15) is 0 Å². The van der Waals surface area contributed by atoms with Crippen molar-refractivity contribution in [2.75, 3.05) is 45.3 Å². The molecule has 6 nitrogen and oxygen atoms in total. The normalized spacial score (nSPS) is 21.4. The van der Waals surface area contributed by atoms with Crippen molar-refractivity contribution in [1.82, 2.24) is 15.6 Å². The number of hydrogen-bond donors (Lipinski definition) is 2. The zero-order valence-corrected chi connectivity index (χ0v) is 19.3. The summed E-state index contributed by atoms with van der Waals surface area (Å²) in [6.45, 7) is 3.62. The van der Waals surface area contributed by atoms with E-state index in [0.29, 0.717) is 16.5 Å². The van der Waals surface area contributed by atoms with Crippen LogP contribution in [0.1, 0.15) is 32.1 Å². The van der Waals surface area contributed by atoms with Crippen LogP contribution in [0, 0.1) is 5.41 Å². The molecule has 0 spiro atoms. The molecule has 8 heteroatoms. The largest absolute Gasteiger partial charge is 0.385 e. The first kappa shape index (κ1) is 22.5. The Kier molecular flexibility index (Phi) is 8.88. The van der Waals surface area contributed by atoms with Gasteiger partial charge in [-0.25, -0.2) is 4.98 Å². The third kappa shape index (κ3) is 5.84. The van der Waals surface area contributed by atoms with Crippen LogP contribution in [-0.4, -0.2) is 57.4 Å². The Morgan fingerprint density at radius 2 is 2.30 bits per heavy atom. The summed E-state index contributed by atoms with van der Waals surface area (Å²) < 4.78 is 5.28. The highest BCUT2D eigenvalue weighted by molar-refractivity contribution is 14.0. The molecule has 2 N–H and O–H groups in total. The molecule has 0 aromatic carbocycles. The average Bonchev–Trinajstić information content (AvgIpc) is 3.08. The molecule has 152 valence electrons. The molecule has 27 heavy (non-hydrogen) atoms. The second-order valence-corrected chi connectivity index (χ2v) is 7.81. The molecule has 0 amide bonds. The highest BCUT2D eigenvalue weighted by Crippen LogP contribution is 2.43. The zero-order chi connectivity index (χ0) is 18.4. The number of ether oxygens (including phenoxy) is 1. The molecule has 0 bridgehead atoms. The summed E-state index contributed by atoms with van der Waals surface area (Å²) >= 11 is 6.28. The van der Waals surface area contributed by atoms with Crippen LogP contribution < -0.4 is 15.5 Å². The summed E-state index contributed by atoms with van der Waals surface area (Å²) in [5.74, 6) is 1.75. The fourth-order valence-electron chi connectivity index (χ4n) is 3.85. The Morgan fingerprint density at radius 3 is 2.93 bits per heavy atom. The van der Waals surface area contributed by atoms with Crippen molar-refractivity contribution in [3.8, 4) is 0 Å². The van der Waals surface area contributed by atoms with Gasteiger partial charge in [0.15, 0.2) is 5.96 Å². The lowest BCUT2D eigenvalue weighted by Gasteiger charge is -2.42. The SMILES string of the molecule is CN=C(NCC1(CCOC)CCC1)NC1CCN(c2ncccc2Cl)C1.I. The summed E-state index contributed by atoms with van der Waals surface area (Å²) in [6.07, 6.45) is 7.82. The number of anilines is 1. The lowest BCUT2D eigenvalue weighted by atomic mass is 9.67. The molecule has 1 saturated heterocycles. The molecule has 1 aliphatic carbocycles. The number of nitrogens with zero attached hydrogens (tertiary/aromatic N) is 3. The minimum Gasteiger partial charge on any atom is -0.385 e. The number of rotatable bonds is 7. The summed E-state index contributed by atoms with van der Waals surface area (Å²) in [5, 5.41) is 7.80. The number of aromatic nitrogens is 1. The van der Waals surface area contributed by atoms with Crippen molar-refractivity contribution in [3.05, 3.63) is 23.4 Å². The molecular formula is C19H31ClIN5O. The van der Waals surface area contributed by atoms with Crippen molar-refractivity contribution in [3.63, 3.8) is 0 Å². The van der Waals surface area contributed by atoms with E-state index in [1.165, 1.54) is 19.3 Å². The molecule has 1 aromatic rings. The van der Waals surface area contributed by atoms with E-state index in [-0.39, 0.29) is 24.0 Å². The van der Waals surface area contributed by atoms with Gasteiger partial charge in [-0.2, -0.15) is 0 Å². The highest BCUT2D eigenvalue weighted by atomic mass is 127. The van der Waals surface area contributed by atoms with Crippen molar-refractivity contribution < 1.29 is 4.74 Å². The maximum absolute atomic E-state index is 6.28. The van der Waals surface area contributed by atoms with Crippen LogP contribution in [0.4, 0.5) is 5.82 Å². The van der Waals surface area contributed by atoms with Crippen LogP contribution in [0.5, 0.6) is 0 Å². The first-order valence-corrected chi connectivity index (χ1v) is 9.85. The zero-order valence-electron chi connectivity index (χ0n) is 16.2. The molecule has 1 aliphatic heterocycles. The topological polar surface area (TPSA) is 61.8 Å². The van der Waals surface area contributed by atoms with Crippen LogP contribution in [0.3, 0.4) is 0 Å². The molecule has 1 unspecified atom stereocenters. The van der Waals surface area contributed by atoms with Gasteiger partial charge in [-0.05, 0) is 43.2 Å². The van der Waals surface area contributed by atoms with E-state index >= 15 is 0 Å². The van der Waals surface area contributed by atoms with Crippen LogP contribution in [-0.2, 0) is 4.74 Å². The lowest BCUT2D eigenvalue weighted by Crippen LogP contribution is -2.49. The smallest absolute Gasteiger partial charge is 0.191 e. The Balaban J connectivity index is 0.00000261. The lowest BCUT2D eigenvalue weighted by molar-refractivity contribution is 0.0732. The van der Waals surface area contributed by atoms with Crippen molar-refractivity contribution in [2.45, 2.75) is 38.1 Å². The summed E-state index contributed by atoms with van der Waals surface area (Å²) in [4.78, 5) is 11.1. The fourth-order valence-corrected chi connectivity index (χ4v) is 4.09. The Hall–Kier alpha value is -0.800. The maximum atomic E-state index is 6.28. The molecule has 3 rings (SSSR count). The molecule has 0 radical (unpaired) electrons. The fraction of sp³-hybridized carbons (Fsp3) is 0.684. The number of guanidine groups is 1. The Bertz CT molecular complexity index is 626. The number of nitrogens with one attached hydrogen (secondary N) is 2. The monoisotopic (exact) mass is 507 g/mol. The summed E-state index contributed by atoms with van der Waals surface area (Å²) in [7, 11) is 3.61.